The van der Waals surface area contributed by atoms with Gasteiger partial charge in [-0.25, -0.2) is 0 Å². The van der Waals surface area contributed by atoms with Crippen LogP contribution in [0.5, 0.6) is 0 Å². The molecule has 1 aromatic rings. The summed E-state index contributed by atoms with van der Waals surface area (Å²) >= 11 is 0. The van der Waals surface area contributed by atoms with Crippen molar-refractivity contribution in [2.75, 3.05) is 31.6 Å². The second-order valence-electron chi connectivity index (χ2n) is 6.95. The van der Waals surface area contributed by atoms with Crippen LogP contribution in [0.4, 0.5) is 5.69 Å². The van der Waals surface area contributed by atoms with Crippen molar-refractivity contribution in [3.05, 3.63) is 29.8 Å². The minimum Gasteiger partial charge on any atom is -0.364 e. The number of aryl methyl sites for hydroxylation is 1. The van der Waals surface area contributed by atoms with E-state index in [4.69, 9.17) is 5.73 Å². The van der Waals surface area contributed by atoms with Gasteiger partial charge in [-0.05, 0) is 57.7 Å². The van der Waals surface area contributed by atoms with E-state index in [1.54, 1.807) is 0 Å². The third-order valence-corrected chi connectivity index (χ3v) is 5.67. The number of hydrogen-bond donors (Lipinski definition) is 1. The van der Waals surface area contributed by atoms with E-state index in [1.807, 2.05) is 0 Å². The van der Waals surface area contributed by atoms with Crippen molar-refractivity contribution in [1.29, 1.82) is 0 Å². The maximum atomic E-state index is 6.32. The number of nitrogens with zero attached hydrogens (tertiary/aromatic N) is 2. The van der Waals surface area contributed by atoms with Crippen molar-refractivity contribution in [1.82, 2.24) is 4.90 Å². The average Bonchev–Trinajstić information content (AvgIpc) is 2.73. The van der Waals surface area contributed by atoms with Gasteiger partial charge in [0.2, 0.25) is 0 Å². The van der Waals surface area contributed by atoms with Gasteiger partial charge in [-0.3, -0.25) is 0 Å². The molecule has 2 aliphatic rings. The highest BCUT2D eigenvalue weighted by Gasteiger charge is 2.41. The fourth-order valence-corrected chi connectivity index (χ4v) is 4.14. The largest absolute Gasteiger partial charge is 0.364 e. The molecule has 3 rings (SSSR count). The number of hydrogen-bond acceptors (Lipinski definition) is 3. The van der Waals surface area contributed by atoms with E-state index in [9.17, 15) is 0 Å². The van der Waals surface area contributed by atoms with E-state index < -0.39 is 0 Å². The first-order valence-corrected chi connectivity index (χ1v) is 8.42. The van der Waals surface area contributed by atoms with Crippen molar-refractivity contribution in [2.24, 2.45) is 5.73 Å². The molecule has 1 saturated heterocycles. The van der Waals surface area contributed by atoms with Gasteiger partial charge >= 0.3 is 0 Å². The summed E-state index contributed by atoms with van der Waals surface area (Å²) in [5.74, 6) is 0. The van der Waals surface area contributed by atoms with Crippen LogP contribution in [0, 0.1) is 0 Å². The number of nitrogens with two attached hydrogens (primary N) is 1. The van der Waals surface area contributed by atoms with Crippen LogP contribution in [0.3, 0.4) is 0 Å². The molecule has 2 aliphatic heterocycles. The van der Waals surface area contributed by atoms with Crippen molar-refractivity contribution in [3.63, 3.8) is 0 Å². The van der Waals surface area contributed by atoms with Gasteiger partial charge in [0.15, 0.2) is 0 Å². The number of fused-ring (bicyclic) bond motifs is 1. The highest BCUT2D eigenvalue weighted by Crippen LogP contribution is 2.38. The minimum atomic E-state index is 0.145. The lowest BCUT2D eigenvalue weighted by Crippen LogP contribution is -2.61. The summed E-state index contributed by atoms with van der Waals surface area (Å²) in [5, 5.41) is 0. The highest BCUT2D eigenvalue weighted by molar-refractivity contribution is 5.57. The molecule has 3 heteroatoms. The predicted octanol–water partition coefficient (Wildman–Crippen LogP) is 2.64. The summed E-state index contributed by atoms with van der Waals surface area (Å²) in [5.41, 5.74) is 9.42. The molecule has 0 amide bonds. The first kappa shape index (κ1) is 14.9. The molecule has 0 bridgehead atoms. The molecule has 2 unspecified atom stereocenters. The Labute approximate surface area is 129 Å². The standard InChI is InChI=1S/C18H29N3/c1-15-13-18(14-19,10-12-20(15)2)21-11-6-5-8-16-7-3-4-9-17(16)21/h3-4,7,9,15H,5-6,8,10-14,19H2,1-2H3. The molecule has 0 aromatic heterocycles. The Bertz CT molecular complexity index is 487. The average molecular weight is 287 g/mol. The normalized spacial score (nSPS) is 30.8. The van der Waals surface area contributed by atoms with Crippen LogP contribution in [0.2, 0.25) is 0 Å². The van der Waals surface area contributed by atoms with Gasteiger partial charge in [-0.1, -0.05) is 18.2 Å². The van der Waals surface area contributed by atoms with E-state index in [0.29, 0.717) is 6.04 Å². The number of anilines is 1. The number of rotatable bonds is 2. The maximum Gasteiger partial charge on any atom is 0.0551 e. The quantitative estimate of drug-likeness (QED) is 0.907. The Balaban J connectivity index is 1.97. The summed E-state index contributed by atoms with van der Waals surface area (Å²) in [6.07, 6.45) is 6.14. The third kappa shape index (κ3) is 2.69. The number of likely N-dealkylation sites (tertiary alicyclic amines) is 1. The van der Waals surface area contributed by atoms with E-state index in [-0.39, 0.29) is 5.54 Å². The summed E-state index contributed by atoms with van der Waals surface area (Å²) in [6, 6.07) is 9.57. The van der Waals surface area contributed by atoms with E-state index in [2.05, 4.69) is 48.0 Å². The molecular formula is C18H29N3. The van der Waals surface area contributed by atoms with Crippen molar-refractivity contribution >= 4 is 5.69 Å². The van der Waals surface area contributed by atoms with E-state index >= 15 is 0 Å². The van der Waals surface area contributed by atoms with Gasteiger partial charge in [0, 0.05) is 31.4 Å². The minimum absolute atomic E-state index is 0.145. The van der Waals surface area contributed by atoms with Crippen LogP contribution in [-0.2, 0) is 6.42 Å². The monoisotopic (exact) mass is 287 g/mol. The van der Waals surface area contributed by atoms with Gasteiger partial charge < -0.3 is 15.5 Å². The molecule has 0 aliphatic carbocycles. The van der Waals surface area contributed by atoms with Gasteiger partial charge in [0.1, 0.15) is 0 Å². The van der Waals surface area contributed by atoms with Crippen LogP contribution in [0.15, 0.2) is 24.3 Å². The Morgan fingerprint density at radius 3 is 2.81 bits per heavy atom. The lowest BCUT2D eigenvalue weighted by molar-refractivity contribution is 0.129. The Hall–Kier alpha value is -1.06. The molecule has 0 radical (unpaired) electrons. The van der Waals surface area contributed by atoms with Crippen LogP contribution in [-0.4, -0.2) is 43.2 Å². The highest BCUT2D eigenvalue weighted by atomic mass is 15.3. The molecule has 1 aromatic carbocycles. The summed E-state index contributed by atoms with van der Waals surface area (Å²) in [7, 11) is 2.24. The molecule has 2 N–H and O–H groups in total. The Morgan fingerprint density at radius 2 is 2.05 bits per heavy atom. The summed E-state index contributed by atoms with van der Waals surface area (Å²) in [6.45, 7) is 5.41. The Morgan fingerprint density at radius 1 is 1.24 bits per heavy atom. The molecule has 0 saturated carbocycles. The Kier molecular flexibility index (Phi) is 4.23. The SMILES string of the molecule is CC1CC(CN)(N2CCCCc3ccccc32)CCN1C. The molecular weight excluding hydrogens is 258 g/mol. The number of piperidine rings is 1. The van der Waals surface area contributed by atoms with Crippen LogP contribution >= 0.6 is 0 Å². The fraction of sp³-hybridized carbons (Fsp3) is 0.667. The zero-order valence-electron chi connectivity index (χ0n) is 13.5. The number of para-hydroxylation sites is 1. The zero-order valence-corrected chi connectivity index (χ0v) is 13.5. The van der Waals surface area contributed by atoms with Crippen LogP contribution in [0.25, 0.3) is 0 Å². The van der Waals surface area contributed by atoms with E-state index in [1.165, 1.54) is 43.4 Å². The lowest BCUT2D eigenvalue weighted by atomic mass is 9.81. The smallest absolute Gasteiger partial charge is 0.0551 e. The summed E-state index contributed by atoms with van der Waals surface area (Å²) < 4.78 is 0. The molecule has 2 heterocycles. The molecule has 0 spiro atoms. The van der Waals surface area contributed by atoms with Gasteiger partial charge in [-0.2, -0.15) is 0 Å². The summed E-state index contributed by atoms with van der Waals surface area (Å²) in [4.78, 5) is 5.14. The molecule has 21 heavy (non-hydrogen) atoms. The number of benzene rings is 1. The molecule has 2 atom stereocenters. The van der Waals surface area contributed by atoms with Gasteiger partial charge in [0.05, 0.1) is 5.54 Å². The van der Waals surface area contributed by atoms with Gasteiger partial charge in [-0.15, -0.1) is 0 Å². The van der Waals surface area contributed by atoms with Crippen LogP contribution in [0.1, 0.15) is 38.2 Å². The topological polar surface area (TPSA) is 32.5 Å². The second-order valence-corrected chi connectivity index (χ2v) is 6.95. The molecule has 1 fully saturated rings. The maximum absolute atomic E-state index is 6.32. The van der Waals surface area contributed by atoms with Gasteiger partial charge in [0.25, 0.3) is 0 Å². The van der Waals surface area contributed by atoms with Crippen LogP contribution < -0.4 is 10.6 Å². The molecule has 116 valence electrons. The lowest BCUT2D eigenvalue weighted by Gasteiger charge is -2.51. The molecule has 3 nitrogen and oxygen atoms in total. The fourth-order valence-electron chi connectivity index (χ4n) is 4.14. The first-order valence-electron chi connectivity index (χ1n) is 8.42. The van der Waals surface area contributed by atoms with E-state index in [0.717, 1.165) is 19.6 Å². The van der Waals surface area contributed by atoms with Crippen molar-refractivity contribution in [2.45, 2.75) is 50.6 Å². The van der Waals surface area contributed by atoms with Crippen molar-refractivity contribution < 1.29 is 0 Å². The zero-order chi connectivity index (χ0) is 14.9. The van der Waals surface area contributed by atoms with Crippen molar-refractivity contribution in [3.8, 4) is 0 Å². The predicted molar refractivity (Wildman–Crippen MR) is 89.8 cm³/mol. The first-order chi connectivity index (χ1) is 10.2. The second kappa shape index (κ2) is 5.98. The third-order valence-electron chi connectivity index (χ3n) is 5.67.